The van der Waals surface area contributed by atoms with Crippen LogP contribution in [0.3, 0.4) is 0 Å². The summed E-state index contributed by atoms with van der Waals surface area (Å²) in [6.07, 6.45) is 1.06. The fraction of sp³-hybridized carbons (Fsp3) is 0.382. The van der Waals surface area contributed by atoms with Crippen LogP contribution in [0.4, 0.5) is 0 Å². The lowest BCUT2D eigenvalue weighted by molar-refractivity contribution is -0.171. The van der Waals surface area contributed by atoms with Gasteiger partial charge in [0.1, 0.15) is 24.5 Å². The number of hydrogen-bond acceptors (Lipinski definition) is 6. The number of esters is 2. The first-order valence-electron chi connectivity index (χ1n) is 14.0. The van der Waals surface area contributed by atoms with Crippen molar-refractivity contribution < 1.29 is 23.9 Å². The van der Waals surface area contributed by atoms with Crippen molar-refractivity contribution in [2.24, 2.45) is 5.92 Å². The highest BCUT2D eigenvalue weighted by molar-refractivity contribution is 5.85. The Bertz CT molecular complexity index is 1100. The Balaban J connectivity index is 0.00000274. The fourth-order valence-electron chi connectivity index (χ4n) is 4.30. The number of carbonyl (C=O) groups excluding carboxylic acids is 3. The molecule has 0 heterocycles. The highest BCUT2D eigenvalue weighted by atomic mass is 16.6. The van der Waals surface area contributed by atoms with Gasteiger partial charge in [0.15, 0.2) is 0 Å². The minimum Gasteiger partial charge on any atom is -0.460 e. The predicted octanol–water partition coefficient (Wildman–Crippen LogP) is 6.76. The smallest absolute Gasteiger partial charge is 0.324 e. The van der Waals surface area contributed by atoms with Crippen molar-refractivity contribution in [2.45, 2.75) is 78.8 Å². The average molecular weight is 546 g/mol. The van der Waals surface area contributed by atoms with E-state index in [1.165, 1.54) is 0 Å². The molecule has 0 spiro atoms. The molecule has 0 amide bonds. The SMILES string of the molecule is CC.CC(C)(C)OC(=O)[C@@H](CCC=O)[C@@H](C(=O)OCc1ccccc1)N(Cc1ccccc1)Cc1ccccc1. The minimum absolute atomic E-state index is 0.0788. The van der Waals surface area contributed by atoms with Crippen molar-refractivity contribution in [1.82, 2.24) is 4.90 Å². The van der Waals surface area contributed by atoms with Gasteiger partial charge >= 0.3 is 11.9 Å². The van der Waals surface area contributed by atoms with Gasteiger partial charge in [0.25, 0.3) is 0 Å². The van der Waals surface area contributed by atoms with Gasteiger partial charge in [0, 0.05) is 19.5 Å². The van der Waals surface area contributed by atoms with Gasteiger partial charge in [-0.2, -0.15) is 0 Å². The number of carbonyl (C=O) groups is 3. The van der Waals surface area contributed by atoms with Crippen LogP contribution < -0.4 is 0 Å². The monoisotopic (exact) mass is 545 g/mol. The lowest BCUT2D eigenvalue weighted by Crippen LogP contribution is -2.50. The molecular formula is C34H43NO5. The molecule has 0 unspecified atom stereocenters. The van der Waals surface area contributed by atoms with Crippen LogP contribution in [0.15, 0.2) is 91.0 Å². The summed E-state index contributed by atoms with van der Waals surface area (Å²) in [7, 11) is 0. The molecular weight excluding hydrogens is 502 g/mol. The maximum atomic E-state index is 13.9. The van der Waals surface area contributed by atoms with E-state index in [9.17, 15) is 14.4 Å². The van der Waals surface area contributed by atoms with Crippen LogP contribution in [0.1, 0.15) is 64.2 Å². The fourth-order valence-corrected chi connectivity index (χ4v) is 4.30. The number of benzene rings is 3. The molecule has 0 bridgehead atoms. The molecule has 214 valence electrons. The summed E-state index contributed by atoms with van der Waals surface area (Å²) in [5.74, 6) is -1.94. The molecule has 6 nitrogen and oxygen atoms in total. The first-order chi connectivity index (χ1) is 19.3. The zero-order valence-corrected chi connectivity index (χ0v) is 24.4. The van der Waals surface area contributed by atoms with Crippen molar-refractivity contribution >= 4 is 18.2 Å². The molecule has 3 rings (SSSR count). The van der Waals surface area contributed by atoms with E-state index in [4.69, 9.17) is 9.47 Å². The quantitative estimate of drug-likeness (QED) is 0.174. The van der Waals surface area contributed by atoms with E-state index in [0.29, 0.717) is 13.1 Å². The van der Waals surface area contributed by atoms with Gasteiger partial charge in [0.05, 0.1) is 5.92 Å². The molecule has 3 aromatic rings. The highest BCUT2D eigenvalue weighted by Crippen LogP contribution is 2.26. The molecule has 2 atom stereocenters. The predicted molar refractivity (Wildman–Crippen MR) is 158 cm³/mol. The van der Waals surface area contributed by atoms with Gasteiger partial charge in [-0.25, -0.2) is 0 Å². The van der Waals surface area contributed by atoms with Gasteiger partial charge < -0.3 is 14.3 Å². The third-order valence-corrected chi connectivity index (χ3v) is 6.00. The molecule has 0 aliphatic carbocycles. The molecule has 0 aromatic heterocycles. The zero-order chi connectivity index (χ0) is 29.4. The third-order valence-electron chi connectivity index (χ3n) is 6.00. The largest absolute Gasteiger partial charge is 0.460 e. The van der Waals surface area contributed by atoms with Crippen LogP contribution in [0, 0.1) is 5.92 Å². The zero-order valence-electron chi connectivity index (χ0n) is 24.4. The lowest BCUT2D eigenvalue weighted by Gasteiger charge is -2.35. The van der Waals surface area contributed by atoms with Gasteiger partial charge in [-0.3, -0.25) is 14.5 Å². The van der Waals surface area contributed by atoms with Gasteiger partial charge in [-0.1, -0.05) is 105 Å². The maximum Gasteiger partial charge on any atom is 0.324 e. The molecule has 0 saturated heterocycles. The van der Waals surface area contributed by atoms with Gasteiger partial charge in [0.2, 0.25) is 0 Å². The second-order valence-electron chi connectivity index (χ2n) is 10.3. The standard InChI is InChI=1S/C32H37NO5.C2H6/c1-32(2,3)38-30(35)28(20-13-21-34)29(31(36)37-24-27-18-11-6-12-19-27)33(22-25-14-7-4-8-15-25)23-26-16-9-5-10-17-26;1-2/h4-12,14-19,21,28-29H,13,20,22-24H2,1-3H3;1-2H3/t28-,29-;/m0./s1. The Morgan fingerprint density at radius 1 is 0.750 bits per heavy atom. The van der Waals surface area contributed by atoms with Crippen molar-refractivity contribution in [1.29, 1.82) is 0 Å². The van der Waals surface area contributed by atoms with E-state index in [1.54, 1.807) is 20.8 Å². The second kappa shape index (κ2) is 17.0. The van der Waals surface area contributed by atoms with E-state index < -0.39 is 29.5 Å². The average Bonchev–Trinajstić information content (AvgIpc) is 2.95. The van der Waals surface area contributed by atoms with Crippen LogP contribution in [0.2, 0.25) is 0 Å². The summed E-state index contributed by atoms with van der Waals surface area (Å²) < 4.78 is 11.6. The number of nitrogens with zero attached hydrogens (tertiary/aromatic N) is 1. The van der Waals surface area contributed by atoms with Crippen LogP contribution in [-0.2, 0) is 43.6 Å². The van der Waals surface area contributed by atoms with Crippen molar-refractivity contribution in [3.63, 3.8) is 0 Å². The summed E-state index contributed by atoms with van der Waals surface area (Å²) in [4.78, 5) is 40.7. The maximum absolute atomic E-state index is 13.9. The third kappa shape index (κ3) is 11.1. The first-order valence-corrected chi connectivity index (χ1v) is 14.0. The van der Waals surface area contributed by atoms with E-state index in [-0.39, 0.29) is 19.4 Å². The number of aldehydes is 1. The Morgan fingerprint density at radius 2 is 1.20 bits per heavy atom. The molecule has 0 fully saturated rings. The second-order valence-corrected chi connectivity index (χ2v) is 10.3. The van der Waals surface area contributed by atoms with Gasteiger partial charge in [-0.15, -0.1) is 0 Å². The van der Waals surface area contributed by atoms with Crippen LogP contribution in [-0.4, -0.2) is 34.8 Å². The normalized spacial score (nSPS) is 12.4. The summed E-state index contributed by atoms with van der Waals surface area (Å²) in [6, 6.07) is 28.0. The van der Waals surface area contributed by atoms with Crippen molar-refractivity contribution in [3.05, 3.63) is 108 Å². The van der Waals surface area contributed by atoms with E-state index in [2.05, 4.69) is 0 Å². The Hall–Kier alpha value is -3.77. The highest BCUT2D eigenvalue weighted by Gasteiger charge is 2.41. The molecule has 0 aliphatic rings. The van der Waals surface area contributed by atoms with Crippen molar-refractivity contribution in [3.8, 4) is 0 Å². The molecule has 0 aliphatic heterocycles. The van der Waals surface area contributed by atoms with E-state index in [1.807, 2.05) is 110 Å². The van der Waals surface area contributed by atoms with Crippen molar-refractivity contribution in [2.75, 3.05) is 0 Å². The van der Waals surface area contributed by atoms with Gasteiger partial charge in [-0.05, 0) is 43.9 Å². The van der Waals surface area contributed by atoms with Crippen LogP contribution in [0.5, 0.6) is 0 Å². The molecule has 6 heteroatoms. The minimum atomic E-state index is -0.964. The molecule has 3 aromatic carbocycles. The summed E-state index contributed by atoms with van der Waals surface area (Å²) in [5.41, 5.74) is 2.07. The Morgan fingerprint density at radius 3 is 1.62 bits per heavy atom. The first kappa shape index (κ1) is 32.4. The van der Waals surface area contributed by atoms with E-state index in [0.717, 1.165) is 23.0 Å². The topological polar surface area (TPSA) is 72.9 Å². The number of ether oxygens (including phenoxy) is 2. The van der Waals surface area contributed by atoms with Crippen LogP contribution >= 0.6 is 0 Å². The molecule has 0 N–H and O–H groups in total. The summed E-state index contributed by atoms with van der Waals surface area (Å²) in [6.45, 7) is 10.3. The van der Waals surface area contributed by atoms with Crippen LogP contribution in [0.25, 0.3) is 0 Å². The summed E-state index contributed by atoms with van der Waals surface area (Å²) in [5, 5.41) is 0. The summed E-state index contributed by atoms with van der Waals surface area (Å²) >= 11 is 0. The Labute approximate surface area is 239 Å². The lowest BCUT2D eigenvalue weighted by atomic mass is 9.92. The Kier molecular flexibility index (Phi) is 13.8. The molecule has 0 saturated carbocycles. The number of hydrogen-bond donors (Lipinski definition) is 0. The molecule has 0 radical (unpaired) electrons. The van der Waals surface area contributed by atoms with E-state index >= 15 is 0 Å². The molecule has 40 heavy (non-hydrogen) atoms. The number of rotatable bonds is 13.